The van der Waals surface area contributed by atoms with Crippen LogP contribution in [-0.4, -0.2) is 56.4 Å². The van der Waals surface area contributed by atoms with Gasteiger partial charge in [0.05, 0.1) is 25.3 Å². The summed E-state index contributed by atoms with van der Waals surface area (Å²) in [4.78, 5) is 24.0. The van der Waals surface area contributed by atoms with Crippen LogP contribution in [0.3, 0.4) is 0 Å². The second kappa shape index (κ2) is 10.8. The Kier molecular flexibility index (Phi) is 9.11. The predicted octanol–water partition coefficient (Wildman–Crippen LogP) is 3.71. The van der Waals surface area contributed by atoms with Crippen molar-refractivity contribution in [3.05, 3.63) is 28.8 Å². The van der Waals surface area contributed by atoms with Gasteiger partial charge in [-0.2, -0.15) is 13.2 Å². The molecule has 0 unspecified atom stereocenters. The lowest BCUT2D eigenvalue weighted by molar-refractivity contribution is -0.164. The number of rotatable bonds is 9. The van der Waals surface area contributed by atoms with Gasteiger partial charge in [-0.1, -0.05) is 11.6 Å². The maximum atomic E-state index is 12.7. The molecule has 0 N–H and O–H groups in total. The monoisotopic (exact) mass is 423 g/mol. The summed E-state index contributed by atoms with van der Waals surface area (Å²) in [6, 6.07) is 2.99. The lowest BCUT2D eigenvalue weighted by Crippen LogP contribution is -2.41. The van der Waals surface area contributed by atoms with Gasteiger partial charge >= 0.3 is 12.1 Å². The SMILES string of the molecule is CCOC(=O)CN(CC(F)(F)F)C(=O)C=Cc1cc(Cl)c(OC)c(OCC)c1. The molecule has 0 fully saturated rings. The fourth-order valence-corrected chi connectivity index (χ4v) is 2.51. The van der Waals surface area contributed by atoms with Crippen LogP contribution in [0.5, 0.6) is 11.5 Å². The van der Waals surface area contributed by atoms with Gasteiger partial charge in [0, 0.05) is 6.08 Å². The molecule has 6 nitrogen and oxygen atoms in total. The number of carbonyl (C=O) groups excluding carboxylic acids is 2. The fourth-order valence-electron chi connectivity index (χ4n) is 2.21. The highest BCUT2D eigenvalue weighted by Crippen LogP contribution is 2.36. The van der Waals surface area contributed by atoms with Gasteiger partial charge in [-0.05, 0) is 37.6 Å². The average Bonchev–Trinajstić information content (AvgIpc) is 2.58. The van der Waals surface area contributed by atoms with E-state index in [9.17, 15) is 22.8 Å². The number of halogens is 4. The first-order valence-corrected chi connectivity index (χ1v) is 8.68. The van der Waals surface area contributed by atoms with Crippen molar-refractivity contribution in [3.63, 3.8) is 0 Å². The van der Waals surface area contributed by atoms with Crippen LogP contribution in [0.4, 0.5) is 13.2 Å². The Balaban J connectivity index is 3.05. The van der Waals surface area contributed by atoms with Crippen molar-refractivity contribution in [2.45, 2.75) is 20.0 Å². The molecule has 0 heterocycles. The van der Waals surface area contributed by atoms with E-state index in [2.05, 4.69) is 4.74 Å². The Morgan fingerprint density at radius 1 is 1.21 bits per heavy atom. The minimum Gasteiger partial charge on any atom is -0.491 e. The second-order valence-corrected chi connectivity index (χ2v) is 5.82. The largest absolute Gasteiger partial charge is 0.491 e. The van der Waals surface area contributed by atoms with Gasteiger partial charge in [0.1, 0.15) is 13.1 Å². The summed E-state index contributed by atoms with van der Waals surface area (Å²) < 4.78 is 53.3. The number of hydrogen-bond donors (Lipinski definition) is 0. The minimum absolute atomic E-state index is 0.00667. The Bertz CT molecular complexity index is 722. The van der Waals surface area contributed by atoms with Crippen molar-refractivity contribution >= 4 is 29.6 Å². The van der Waals surface area contributed by atoms with Crippen LogP contribution in [0.15, 0.2) is 18.2 Å². The lowest BCUT2D eigenvalue weighted by atomic mass is 10.1. The standard InChI is InChI=1S/C18H21ClF3NO5/c1-4-27-14-9-12(8-13(19)17(14)26-3)6-7-15(24)23(11-18(20,21)22)10-16(25)28-5-2/h6-9H,4-5,10-11H2,1-3H3. The third kappa shape index (κ3) is 7.67. The van der Waals surface area contributed by atoms with Gasteiger partial charge in [0.2, 0.25) is 5.91 Å². The number of amides is 1. The molecule has 1 aromatic carbocycles. The summed E-state index contributed by atoms with van der Waals surface area (Å²) in [5, 5.41) is 0.208. The van der Waals surface area contributed by atoms with E-state index >= 15 is 0 Å². The molecule has 10 heteroatoms. The maximum absolute atomic E-state index is 12.7. The van der Waals surface area contributed by atoms with Gasteiger partial charge in [0.15, 0.2) is 11.5 Å². The topological polar surface area (TPSA) is 65.1 Å². The molecule has 0 saturated carbocycles. The molecule has 0 atom stereocenters. The first-order chi connectivity index (χ1) is 13.1. The molecule has 1 rings (SSSR count). The zero-order chi connectivity index (χ0) is 21.3. The van der Waals surface area contributed by atoms with E-state index < -0.39 is 31.1 Å². The zero-order valence-corrected chi connectivity index (χ0v) is 16.4. The van der Waals surface area contributed by atoms with Crippen LogP contribution in [0.2, 0.25) is 5.02 Å². The highest BCUT2D eigenvalue weighted by atomic mass is 35.5. The quantitative estimate of drug-likeness (QED) is 0.447. The van der Waals surface area contributed by atoms with E-state index in [1.165, 1.54) is 32.2 Å². The maximum Gasteiger partial charge on any atom is 0.406 e. The first-order valence-electron chi connectivity index (χ1n) is 8.30. The van der Waals surface area contributed by atoms with E-state index in [0.29, 0.717) is 28.6 Å². The minimum atomic E-state index is -4.67. The molecule has 0 aliphatic carbocycles. The van der Waals surface area contributed by atoms with E-state index in [1.807, 2.05) is 0 Å². The van der Waals surface area contributed by atoms with Gasteiger partial charge in [0.25, 0.3) is 0 Å². The van der Waals surface area contributed by atoms with Gasteiger partial charge in [-0.3, -0.25) is 9.59 Å². The molecule has 0 spiro atoms. The van der Waals surface area contributed by atoms with E-state index in [-0.39, 0.29) is 11.6 Å². The predicted molar refractivity (Wildman–Crippen MR) is 97.5 cm³/mol. The molecule has 156 valence electrons. The third-order valence-corrected chi connectivity index (χ3v) is 3.54. The number of hydrogen-bond acceptors (Lipinski definition) is 5. The lowest BCUT2D eigenvalue weighted by Gasteiger charge is -2.21. The average molecular weight is 424 g/mol. The molecule has 0 bridgehead atoms. The number of benzene rings is 1. The molecule has 0 aliphatic heterocycles. The van der Waals surface area contributed by atoms with Crippen molar-refractivity contribution in [1.82, 2.24) is 4.90 Å². The molecule has 0 aromatic heterocycles. The highest BCUT2D eigenvalue weighted by Gasteiger charge is 2.33. The Hall–Kier alpha value is -2.42. The summed E-state index contributed by atoms with van der Waals surface area (Å²) in [6.45, 7) is 1.19. The number of methoxy groups -OCH3 is 1. The van der Waals surface area contributed by atoms with Crippen molar-refractivity contribution in [2.75, 3.05) is 33.4 Å². The van der Waals surface area contributed by atoms with Crippen molar-refractivity contribution < 1.29 is 37.0 Å². The van der Waals surface area contributed by atoms with Crippen LogP contribution >= 0.6 is 11.6 Å². The molecule has 0 radical (unpaired) electrons. The van der Waals surface area contributed by atoms with Crippen LogP contribution in [-0.2, 0) is 14.3 Å². The summed E-state index contributed by atoms with van der Waals surface area (Å²) in [7, 11) is 1.41. The summed E-state index contributed by atoms with van der Waals surface area (Å²) >= 11 is 6.09. The van der Waals surface area contributed by atoms with Gasteiger partial charge < -0.3 is 19.1 Å². The summed E-state index contributed by atoms with van der Waals surface area (Å²) in [6.07, 6.45) is -2.48. The number of alkyl halides is 3. The molecule has 1 aromatic rings. The normalized spacial score (nSPS) is 11.4. The molecular formula is C18H21ClF3NO5. The molecular weight excluding hydrogens is 403 g/mol. The Morgan fingerprint density at radius 3 is 2.43 bits per heavy atom. The highest BCUT2D eigenvalue weighted by molar-refractivity contribution is 6.32. The third-order valence-electron chi connectivity index (χ3n) is 3.26. The Morgan fingerprint density at radius 2 is 1.89 bits per heavy atom. The van der Waals surface area contributed by atoms with Crippen molar-refractivity contribution in [2.24, 2.45) is 0 Å². The van der Waals surface area contributed by atoms with Gasteiger partial charge in [-0.25, -0.2) is 0 Å². The van der Waals surface area contributed by atoms with Crippen molar-refractivity contribution in [3.8, 4) is 11.5 Å². The number of esters is 1. The van der Waals surface area contributed by atoms with Crippen LogP contribution in [0, 0.1) is 0 Å². The summed E-state index contributed by atoms with van der Waals surface area (Å²) in [5.74, 6) is -1.31. The first kappa shape index (κ1) is 23.6. The van der Waals surface area contributed by atoms with E-state index in [0.717, 1.165) is 6.08 Å². The zero-order valence-electron chi connectivity index (χ0n) is 15.6. The number of carbonyl (C=O) groups is 2. The van der Waals surface area contributed by atoms with Crippen LogP contribution in [0.25, 0.3) is 6.08 Å². The molecule has 0 aliphatic rings. The van der Waals surface area contributed by atoms with Crippen molar-refractivity contribution in [1.29, 1.82) is 0 Å². The number of ether oxygens (including phenoxy) is 3. The Labute approximate surface area is 165 Å². The van der Waals surface area contributed by atoms with Gasteiger partial charge in [-0.15, -0.1) is 0 Å². The van der Waals surface area contributed by atoms with Crippen LogP contribution < -0.4 is 9.47 Å². The number of nitrogens with zero attached hydrogens (tertiary/aromatic N) is 1. The van der Waals surface area contributed by atoms with Crippen LogP contribution in [0.1, 0.15) is 19.4 Å². The second-order valence-electron chi connectivity index (χ2n) is 5.41. The van der Waals surface area contributed by atoms with E-state index in [4.69, 9.17) is 21.1 Å². The summed E-state index contributed by atoms with van der Waals surface area (Å²) in [5.41, 5.74) is 0.408. The smallest absolute Gasteiger partial charge is 0.406 e. The fraction of sp³-hybridized carbons (Fsp3) is 0.444. The molecule has 1 amide bonds. The van der Waals surface area contributed by atoms with E-state index in [1.54, 1.807) is 6.92 Å². The molecule has 0 saturated heterocycles. The molecule has 28 heavy (non-hydrogen) atoms.